The Labute approximate surface area is 107 Å². The van der Waals surface area contributed by atoms with Gasteiger partial charge in [0.05, 0.1) is 0 Å². The molecule has 17 heavy (non-hydrogen) atoms. The van der Waals surface area contributed by atoms with Crippen molar-refractivity contribution in [2.75, 3.05) is 20.1 Å². The molecule has 1 aromatic heterocycles. The van der Waals surface area contributed by atoms with Gasteiger partial charge >= 0.3 is 0 Å². The minimum Gasteiger partial charge on any atom is -0.337 e. The zero-order chi connectivity index (χ0) is 12.7. The standard InChI is InChI=1S/C11H15ClN2.CH2N2/c1-14-5-4-10(8-14)6-9-2-3-11(12)13-7-9;2-1-3/h2-3,7,10H,4-6,8H2,1H3;2H2. The number of nitrogens with zero attached hydrogens (tertiary/aromatic N) is 3. The van der Waals surface area contributed by atoms with E-state index in [1.165, 1.54) is 31.3 Å². The fourth-order valence-electron chi connectivity index (χ4n) is 2.05. The molecule has 2 N–H and O–H groups in total. The first-order valence-corrected chi connectivity index (χ1v) is 5.92. The molecular formula is C12H17ClN4. The fraction of sp³-hybridized carbons (Fsp3) is 0.500. The van der Waals surface area contributed by atoms with Crippen LogP contribution in [0, 0.1) is 17.4 Å². The van der Waals surface area contributed by atoms with Crippen LogP contribution in [0.3, 0.4) is 0 Å². The van der Waals surface area contributed by atoms with Gasteiger partial charge in [0, 0.05) is 12.7 Å². The quantitative estimate of drug-likeness (QED) is 0.494. The Morgan fingerprint density at radius 2 is 2.35 bits per heavy atom. The maximum Gasteiger partial charge on any atom is 0.173 e. The van der Waals surface area contributed by atoms with E-state index in [1.807, 2.05) is 12.3 Å². The van der Waals surface area contributed by atoms with Crippen molar-refractivity contribution in [3.63, 3.8) is 0 Å². The highest BCUT2D eigenvalue weighted by atomic mass is 35.5. The molecule has 1 atom stereocenters. The molecule has 0 amide bonds. The summed E-state index contributed by atoms with van der Waals surface area (Å²) in [5.74, 6) is 0.794. The lowest BCUT2D eigenvalue weighted by Crippen LogP contribution is -2.14. The molecule has 4 nitrogen and oxygen atoms in total. The first-order valence-electron chi connectivity index (χ1n) is 5.54. The van der Waals surface area contributed by atoms with Crippen molar-refractivity contribution in [3.05, 3.63) is 29.0 Å². The Kier molecular flexibility index (Phi) is 5.75. The third-order valence-corrected chi connectivity index (χ3v) is 3.03. The normalized spacial score (nSPS) is 19.2. The summed E-state index contributed by atoms with van der Waals surface area (Å²) >= 11 is 5.73. The predicted octanol–water partition coefficient (Wildman–Crippen LogP) is 1.66. The molecule has 92 valence electrons. The number of pyridine rings is 1. The molecule has 1 fully saturated rings. The van der Waals surface area contributed by atoms with E-state index in [4.69, 9.17) is 16.9 Å². The van der Waals surface area contributed by atoms with E-state index in [2.05, 4.69) is 28.7 Å². The smallest absolute Gasteiger partial charge is 0.173 e. The van der Waals surface area contributed by atoms with Gasteiger partial charge in [0.15, 0.2) is 6.19 Å². The lowest BCUT2D eigenvalue weighted by atomic mass is 10.0. The fourth-order valence-corrected chi connectivity index (χ4v) is 2.17. The van der Waals surface area contributed by atoms with E-state index in [0.29, 0.717) is 5.15 Å². The van der Waals surface area contributed by atoms with E-state index in [0.717, 1.165) is 12.3 Å². The van der Waals surface area contributed by atoms with Crippen molar-refractivity contribution < 1.29 is 0 Å². The van der Waals surface area contributed by atoms with Gasteiger partial charge in [0.1, 0.15) is 5.15 Å². The Balaban J connectivity index is 0.000000437. The zero-order valence-corrected chi connectivity index (χ0v) is 10.7. The number of aromatic nitrogens is 1. The number of rotatable bonds is 2. The zero-order valence-electron chi connectivity index (χ0n) is 9.93. The second kappa shape index (κ2) is 7.10. The Bertz CT molecular complexity index is 371. The van der Waals surface area contributed by atoms with E-state index in [-0.39, 0.29) is 0 Å². The summed E-state index contributed by atoms with van der Waals surface area (Å²) in [5, 5.41) is 7.68. The van der Waals surface area contributed by atoms with Gasteiger partial charge < -0.3 is 10.6 Å². The van der Waals surface area contributed by atoms with E-state index in [9.17, 15) is 0 Å². The topological polar surface area (TPSA) is 65.9 Å². The lowest BCUT2D eigenvalue weighted by Gasteiger charge is -2.09. The molecule has 0 spiro atoms. The largest absolute Gasteiger partial charge is 0.337 e. The number of nitrogens with two attached hydrogens (primary N) is 1. The van der Waals surface area contributed by atoms with Crippen LogP contribution in [0.5, 0.6) is 0 Å². The van der Waals surface area contributed by atoms with Gasteiger partial charge in [-0.15, -0.1) is 0 Å². The first-order chi connectivity index (χ1) is 8.15. The van der Waals surface area contributed by atoms with Gasteiger partial charge in [0.25, 0.3) is 0 Å². The average Bonchev–Trinajstić information content (AvgIpc) is 2.69. The van der Waals surface area contributed by atoms with Crippen LogP contribution in [-0.4, -0.2) is 30.0 Å². The Morgan fingerprint density at radius 1 is 1.65 bits per heavy atom. The van der Waals surface area contributed by atoms with Crippen molar-refractivity contribution in [1.82, 2.24) is 9.88 Å². The molecule has 0 aliphatic carbocycles. The van der Waals surface area contributed by atoms with Crippen LogP contribution in [0.1, 0.15) is 12.0 Å². The van der Waals surface area contributed by atoms with Crippen LogP contribution in [-0.2, 0) is 6.42 Å². The highest BCUT2D eigenvalue weighted by Gasteiger charge is 2.19. The first kappa shape index (κ1) is 13.8. The van der Waals surface area contributed by atoms with Crippen molar-refractivity contribution in [2.45, 2.75) is 12.8 Å². The van der Waals surface area contributed by atoms with Gasteiger partial charge in [-0.05, 0) is 44.0 Å². The summed E-state index contributed by atoms with van der Waals surface area (Å²) in [5.41, 5.74) is 5.45. The second-order valence-corrected chi connectivity index (χ2v) is 4.63. The van der Waals surface area contributed by atoms with E-state index < -0.39 is 0 Å². The summed E-state index contributed by atoms with van der Waals surface area (Å²) in [6.45, 7) is 2.44. The predicted molar refractivity (Wildman–Crippen MR) is 68.4 cm³/mol. The van der Waals surface area contributed by atoms with Crippen LogP contribution in [0.4, 0.5) is 0 Å². The third kappa shape index (κ3) is 5.03. The summed E-state index contributed by atoms with van der Waals surface area (Å²) in [6.07, 6.45) is 5.58. The van der Waals surface area contributed by atoms with Crippen molar-refractivity contribution >= 4 is 11.6 Å². The summed E-state index contributed by atoms with van der Waals surface area (Å²) in [4.78, 5) is 6.47. The van der Waals surface area contributed by atoms with Gasteiger partial charge in [-0.1, -0.05) is 17.7 Å². The average molecular weight is 253 g/mol. The molecule has 5 heteroatoms. The third-order valence-electron chi connectivity index (χ3n) is 2.80. The molecule has 1 saturated heterocycles. The Morgan fingerprint density at radius 3 is 2.82 bits per heavy atom. The molecule has 0 saturated carbocycles. The Hall–Kier alpha value is -1.31. The summed E-state index contributed by atoms with van der Waals surface area (Å²) < 4.78 is 0. The molecule has 1 aliphatic heterocycles. The minimum absolute atomic E-state index is 0.581. The molecular weight excluding hydrogens is 236 g/mol. The maximum atomic E-state index is 7.10. The lowest BCUT2D eigenvalue weighted by molar-refractivity contribution is 0.394. The molecule has 0 radical (unpaired) electrons. The second-order valence-electron chi connectivity index (χ2n) is 4.24. The van der Waals surface area contributed by atoms with Gasteiger partial charge in [-0.3, -0.25) is 0 Å². The van der Waals surface area contributed by atoms with Gasteiger partial charge in [0.2, 0.25) is 0 Å². The minimum atomic E-state index is 0.581. The van der Waals surface area contributed by atoms with Crippen molar-refractivity contribution in [1.29, 1.82) is 5.26 Å². The van der Waals surface area contributed by atoms with Gasteiger partial charge in [-0.25, -0.2) is 4.98 Å². The highest BCUT2D eigenvalue weighted by Crippen LogP contribution is 2.19. The molecule has 0 bridgehead atoms. The van der Waals surface area contributed by atoms with Crippen molar-refractivity contribution in [2.24, 2.45) is 11.7 Å². The monoisotopic (exact) mass is 252 g/mol. The van der Waals surface area contributed by atoms with Crippen LogP contribution < -0.4 is 5.73 Å². The molecule has 2 heterocycles. The number of hydrogen-bond donors (Lipinski definition) is 1. The molecule has 0 aromatic carbocycles. The molecule has 1 unspecified atom stereocenters. The summed E-state index contributed by atoms with van der Waals surface area (Å²) in [7, 11) is 2.18. The summed E-state index contributed by atoms with van der Waals surface area (Å²) in [6, 6.07) is 3.95. The number of nitriles is 1. The number of hydrogen-bond acceptors (Lipinski definition) is 4. The SMILES string of the molecule is CN1CCC(Cc2ccc(Cl)nc2)C1.N#CN. The highest BCUT2D eigenvalue weighted by molar-refractivity contribution is 6.29. The van der Waals surface area contributed by atoms with Crippen LogP contribution in [0.15, 0.2) is 18.3 Å². The van der Waals surface area contributed by atoms with Crippen LogP contribution >= 0.6 is 11.6 Å². The number of likely N-dealkylation sites (tertiary alicyclic amines) is 1. The number of halogens is 1. The molecule has 2 rings (SSSR count). The van der Waals surface area contributed by atoms with E-state index >= 15 is 0 Å². The van der Waals surface area contributed by atoms with E-state index in [1.54, 1.807) is 0 Å². The van der Waals surface area contributed by atoms with Crippen LogP contribution in [0.2, 0.25) is 5.15 Å². The van der Waals surface area contributed by atoms with Crippen molar-refractivity contribution in [3.8, 4) is 6.19 Å². The van der Waals surface area contributed by atoms with Gasteiger partial charge in [-0.2, -0.15) is 5.26 Å². The van der Waals surface area contributed by atoms with Crippen LogP contribution in [0.25, 0.3) is 0 Å². The molecule has 1 aliphatic rings. The maximum absolute atomic E-state index is 7.10. The molecule has 1 aromatic rings.